The summed E-state index contributed by atoms with van der Waals surface area (Å²) >= 11 is 0. The minimum absolute atomic E-state index is 0.0161. The molecule has 0 amide bonds. The van der Waals surface area contributed by atoms with Gasteiger partial charge >= 0.3 is 0 Å². The van der Waals surface area contributed by atoms with Gasteiger partial charge in [-0.25, -0.2) is 4.98 Å². The Labute approximate surface area is 136 Å². The van der Waals surface area contributed by atoms with Crippen molar-refractivity contribution in [3.8, 4) is 5.75 Å². The van der Waals surface area contributed by atoms with E-state index in [0.717, 1.165) is 43.5 Å². The highest BCUT2D eigenvalue weighted by atomic mass is 16.3. The van der Waals surface area contributed by atoms with Crippen LogP contribution in [0.4, 0.5) is 0 Å². The summed E-state index contributed by atoms with van der Waals surface area (Å²) in [6, 6.07) is 11.6. The molecule has 4 nitrogen and oxygen atoms in total. The first-order valence-electron chi connectivity index (χ1n) is 8.16. The third-order valence-corrected chi connectivity index (χ3v) is 4.43. The topological polar surface area (TPSA) is 62.2 Å². The third-order valence-electron chi connectivity index (χ3n) is 4.43. The quantitative estimate of drug-likeness (QED) is 0.833. The fraction of sp³-hybridized carbons (Fsp3) is 0.368. The molecule has 23 heavy (non-hydrogen) atoms. The zero-order valence-electron chi connectivity index (χ0n) is 13.4. The summed E-state index contributed by atoms with van der Waals surface area (Å²) in [6.45, 7) is 2.36. The first-order chi connectivity index (χ1) is 11.1. The van der Waals surface area contributed by atoms with Crippen LogP contribution in [0.5, 0.6) is 5.75 Å². The van der Waals surface area contributed by atoms with Gasteiger partial charge < -0.3 is 10.4 Å². The first-order valence-corrected chi connectivity index (χ1v) is 8.16. The first kappa shape index (κ1) is 15.7. The van der Waals surface area contributed by atoms with Gasteiger partial charge in [-0.1, -0.05) is 24.3 Å². The van der Waals surface area contributed by atoms with Gasteiger partial charge in [0.05, 0.1) is 0 Å². The molecule has 2 aromatic rings. The lowest BCUT2D eigenvalue weighted by Crippen LogP contribution is -2.28. The molecule has 0 bridgehead atoms. The fourth-order valence-electron chi connectivity index (χ4n) is 3.17. The predicted octanol–water partition coefficient (Wildman–Crippen LogP) is 3.20. The summed E-state index contributed by atoms with van der Waals surface area (Å²) in [4.78, 5) is 16.0. The molecule has 1 aromatic carbocycles. The number of aromatic nitrogens is 1. The van der Waals surface area contributed by atoms with Gasteiger partial charge in [0.2, 0.25) is 0 Å². The number of rotatable bonds is 5. The molecular weight excluding hydrogens is 288 g/mol. The zero-order chi connectivity index (χ0) is 16.2. The van der Waals surface area contributed by atoms with Crippen LogP contribution in [0.3, 0.4) is 0 Å². The van der Waals surface area contributed by atoms with Gasteiger partial charge in [-0.15, -0.1) is 0 Å². The Kier molecular flexibility index (Phi) is 4.72. The third kappa shape index (κ3) is 3.59. The second kappa shape index (κ2) is 6.92. The van der Waals surface area contributed by atoms with Crippen LogP contribution in [0.25, 0.3) is 0 Å². The number of pyridine rings is 1. The number of phenols is 1. The molecule has 1 atom stereocenters. The average Bonchev–Trinajstić information content (AvgIpc) is 2.56. The summed E-state index contributed by atoms with van der Waals surface area (Å²) in [6.07, 6.45) is 3.88. The van der Waals surface area contributed by atoms with Crippen molar-refractivity contribution >= 4 is 5.78 Å². The smallest absolute Gasteiger partial charge is 0.178 e. The van der Waals surface area contributed by atoms with E-state index in [9.17, 15) is 9.90 Å². The van der Waals surface area contributed by atoms with Crippen LogP contribution in [0, 0.1) is 0 Å². The number of carbonyl (C=O) groups excluding carboxylic acids is 1. The van der Waals surface area contributed by atoms with Gasteiger partial charge in [0.1, 0.15) is 11.4 Å². The second-order valence-electron chi connectivity index (χ2n) is 6.07. The van der Waals surface area contributed by atoms with Crippen molar-refractivity contribution < 1.29 is 9.90 Å². The van der Waals surface area contributed by atoms with Crippen LogP contribution in [-0.2, 0) is 12.8 Å². The number of ketones is 1. The molecule has 0 fully saturated rings. The predicted molar refractivity (Wildman–Crippen MR) is 89.7 cm³/mol. The van der Waals surface area contributed by atoms with Crippen molar-refractivity contribution in [3.05, 3.63) is 58.9 Å². The number of benzene rings is 1. The minimum Gasteiger partial charge on any atom is -0.508 e. The normalized spacial score (nSPS) is 16.8. The summed E-state index contributed by atoms with van der Waals surface area (Å²) in [5.41, 5.74) is 3.77. The number of nitrogens with one attached hydrogen (secondary N) is 1. The van der Waals surface area contributed by atoms with Crippen LogP contribution in [-0.4, -0.2) is 22.4 Å². The summed E-state index contributed by atoms with van der Waals surface area (Å²) < 4.78 is 0. The maximum Gasteiger partial charge on any atom is 0.178 e. The molecule has 0 saturated heterocycles. The molecule has 1 aliphatic carbocycles. The Balaban J connectivity index is 1.66. The molecule has 3 rings (SSSR count). The number of Topliss-reactive ketones (excluding diaryl/α,β-unsaturated/α-hetero) is 1. The number of hydrogen-bond acceptors (Lipinski definition) is 4. The van der Waals surface area contributed by atoms with E-state index >= 15 is 0 Å². The van der Waals surface area contributed by atoms with Gasteiger partial charge in [-0.05, 0) is 55.5 Å². The van der Waals surface area contributed by atoms with E-state index in [-0.39, 0.29) is 11.8 Å². The monoisotopic (exact) mass is 310 g/mol. The maximum atomic E-state index is 11.5. The van der Waals surface area contributed by atoms with E-state index < -0.39 is 0 Å². The highest BCUT2D eigenvalue weighted by Crippen LogP contribution is 2.29. The van der Waals surface area contributed by atoms with Crippen LogP contribution < -0.4 is 5.32 Å². The van der Waals surface area contributed by atoms with Crippen molar-refractivity contribution in [2.24, 2.45) is 0 Å². The van der Waals surface area contributed by atoms with Crippen LogP contribution in [0.2, 0.25) is 0 Å². The van der Waals surface area contributed by atoms with Crippen molar-refractivity contribution in [2.75, 3.05) is 6.54 Å². The van der Waals surface area contributed by atoms with E-state index in [4.69, 9.17) is 0 Å². The van der Waals surface area contributed by atoms with E-state index in [0.29, 0.717) is 11.4 Å². The van der Waals surface area contributed by atoms with Crippen LogP contribution >= 0.6 is 0 Å². The van der Waals surface area contributed by atoms with Crippen molar-refractivity contribution in [2.45, 2.75) is 38.6 Å². The van der Waals surface area contributed by atoms with Gasteiger partial charge in [-0.3, -0.25) is 4.79 Å². The van der Waals surface area contributed by atoms with Gasteiger partial charge in [-0.2, -0.15) is 0 Å². The molecule has 1 heterocycles. The molecule has 0 aliphatic heterocycles. The van der Waals surface area contributed by atoms with Crippen molar-refractivity contribution in [1.82, 2.24) is 10.3 Å². The van der Waals surface area contributed by atoms with E-state index in [1.165, 1.54) is 5.56 Å². The molecule has 1 unspecified atom stereocenters. The van der Waals surface area contributed by atoms with E-state index in [2.05, 4.69) is 10.3 Å². The number of phenolic OH excluding ortho intramolecular Hbond substituents is 1. The number of nitrogens with zero attached hydrogens (tertiary/aromatic N) is 1. The Morgan fingerprint density at radius 1 is 1.30 bits per heavy atom. The highest BCUT2D eigenvalue weighted by Gasteiger charge is 2.21. The SMILES string of the molecule is CC(=O)c1ccc2c(n1)CCCC2NCCc1ccccc1O. The van der Waals surface area contributed by atoms with E-state index in [1.807, 2.05) is 30.3 Å². The van der Waals surface area contributed by atoms with Crippen molar-refractivity contribution in [1.29, 1.82) is 0 Å². The summed E-state index contributed by atoms with van der Waals surface area (Å²) in [5, 5.41) is 13.4. The molecule has 120 valence electrons. The molecular formula is C19H22N2O2. The standard InChI is InChI=1S/C19H22N2O2/c1-13(22)16-10-9-15-17(6-4-7-18(15)21-16)20-12-11-14-5-2-3-8-19(14)23/h2-3,5,8-10,17,20,23H,4,6-7,11-12H2,1H3. The van der Waals surface area contributed by atoms with Crippen LogP contribution in [0.15, 0.2) is 36.4 Å². The zero-order valence-corrected chi connectivity index (χ0v) is 13.4. The van der Waals surface area contributed by atoms with Crippen LogP contribution in [0.1, 0.15) is 53.1 Å². The number of aryl methyl sites for hydroxylation is 1. The van der Waals surface area contributed by atoms with Gasteiger partial charge in [0, 0.05) is 18.7 Å². The summed E-state index contributed by atoms with van der Waals surface area (Å²) in [7, 11) is 0. The molecule has 0 spiro atoms. The molecule has 0 saturated carbocycles. The molecule has 1 aliphatic rings. The summed E-state index contributed by atoms with van der Waals surface area (Å²) in [5.74, 6) is 0.369. The van der Waals surface area contributed by atoms with Gasteiger partial charge in [0.25, 0.3) is 0 Å². The molecule has 4 heteroatoms. The van der Waals surface area contributed by atoms with Crippen molar-refractivity contribution in [3.63, 3.8) is 0 Å². The second-order valence-corrected chi connectivity index (χ2v) is 6.07. The maximum absolute atomic E-state index is 11.5. The minimum atomic E-state index is 0.0161. The Bertz CT molecular complexity index is 712. The Hall–Kier alpha value is -2.20. The lowest BCUT2D eigenvalue weighted by molar-refractivity contribution is 0.101. The Morgan fingerprint density at radius 3 is 2.91 bits per heavy atom. The largest absolute Gasteiger partial charge is 0.508 e. The lowest BCUT2D eigenvalue weighted by atomic mass is 9.90. The lowest BCUT2D eigenvalue weighted by Gasteiger charge is -2.26. The fourth-order valence-corrected chi connectivity index (χ4v) is 3.17. The Morgan fingerprint density at radius 2 is 2.13 bits per heavy atom. The number of para-hydroxylation sites is 1. The van der Waals surface area contributed by atoms with E-state index in [1.54, 1.807) is 13.0 Å². The van der Waals surface area contributed by atoms with Gasteiger partial charge in [0.15, 0.2) is 5.78 Å². The molecule has 2 N–H and O–H groups in total. The number of fused-ring (bicyclic) bond motifs is 1. The number of hydrogen-bond donors (Lipinski definition) is 2. The number of aromatic hydroxyl groups is 1. The average molecular weight is 310 g/mol. The molecule has 1 aromatic heterocycles. The number of carbonyl (C=O) groups is 1. The molecule has 0 radical (unpaired) electrons. The highest BCUT2D eigenvalue weighted by molar-refractivity contribution is 5.92.